The molecule has 5 nitrogen and oxygen atoms in total. The molecule has 1 aliphatic carbocycles. The van der Waals surface area contributed by atoms with E-state index in [1.807, 2.05) is 31.9 Å². The van der Waals surface area contributed by atoms with Crippen molar-refractivity contribution in [2.24, 2.45) is 5.41 Å². The van der Waals surface area contributed by atoms with Crippen LogP contribution in [0, 0.1) is 5.41 Å². The second kappa shape index (κ2) is 5.53. The van der Waals surface area contributed by atoms with Crippen molar-refractivity contribution in [2.75, 3.05) is 13.1 Å². The van der Waals surface area contributed by atoms with Gasteiger partial charge < -0.3 is 9.64 Å². The molecule has 5 heteroatoms. The molecule has 1 saturated heterocycles. The number of hydrogen-bond acceptors (Lipinski definition) is 3. The van der Waals surface area contributed by atoms with Gasteiger partial charge in [0.05, 0.1) is 6.04 Å². The van der Waals surface area contributed by atoms with Crippen LogP contribution in [0.3, 0.4) is 0 Å². The number of aromatic nitrogens is 2. The molecule has 128 valence electrons. The van der Waals surface area contributed by atoms with Crippen LogP contribution in [0.4, 0.5) is 4.79 Å². The minimum absolute atomic E-state index is 0.0157. The topological polar surface area (TPSA) is 47.4 Å². The van der Waals surface area contributed by atoms with Gasteiger partial charge in [0.2, 0.25) is 0 Å². The second-order valence-electron chi connectivity index (χ2n) is 8.66. The molecule has 1 aromatic rings. The van der Waals surface area contributed by atoms with E-state index in [0.717, 1.165) is 19.5 Å². The van der Waals surface area contributed by atoms with Gasteiger partial charge in [0.25, 0.3) is 0 Å². The lowest BCUT2D eigenvalue weighted by molar-refractivity contribution is 0.00414. The molecule has 1 saturated carbocycles. The van der Waals surface area contributed by atoms with Gasteiger partial charge in [-0.3, -0.25) is 4.68 Å². The molecule has 1 unspecified atom stereocenters. The normalized spacial score (nSPS) is 24.6. The molecular weight excluding hydrogens is 290 g/mol. The first-order chi connectivity index (χ1) is 10.7. The molecule has 23 heavy (non-hydrogen) atoms. The Kier molecular flexibility index (Phi) is 3.93. The lowest BCUT2D eigenvalue weighted by atomic mass is 9.72. The van der Waals surface area contributed by atoms with E-state index in [4.69, 9.17) is 4.74 Å². The van der Waals surface area contributed by atoms with Crippen molar-refractivity contribution in [2.45, 2.75) is 71.4 Å². The fourth-order valence-electron chi connectivity index (χ4n) is 3.61. The van der Waals surface area contributed by atoms with Gasteiger partial charge in [-0.2, -0.15) is 5.10 Å². The molecule has 1 aliphatic heterocycles. The number of nitrogens with zero attached hydrogens (tertiary/aromatic N) is 3. The average Bonchev–Trinajstić information content (AvgIpc) is 3.14. The SMILES string of the molecule is CC(C)(C)OC(=O)N1CCC(c2ccnn2C2CC2)C(C)(C)C1. The number of rotatable bonds is 2. The maximum atomic E-state index is 12.4. The highest BCUT2D eigenvalue weighted by Gasteiger charge is 2.42. The van der Waals surface area contributed by atoms with E-state index in [-0.39, 0.29) is 11.5 Å². The Morgan fingerprint density at radius 3 is 2.57 bits per heavy atom. The second-order valence-corrected chi connectivity index (χ2v) is 8.66. The number of piperidine rings is 1. The van der Waals surface area contributed by atoms with Gasteiger partial charge in [0.15, 0.2) is 0 Å². The van der Waals surface area contributed by atoms with Gasteiger partial charge in [-0.1, -0.05) is 13.8 Å². The zero-order chi connectivity index (χ0) is 16.8. The van der Waals surface area contributed by atoms with E-state index in [2.05, 4.69) is 29.7 Å². The van der Waals surface area contributed by atoms with Crippen molar-refractivity contribution in [1.29, 1.82) is 0 Å². The molecule has 3 rings (SSSR count). The van der Waals surface area contributed by atoms with Crippen molar-refractivity contribution < 1.29 is 9.53 Å². The molecule has 2 fully saturated rings. The van der Waals surface area contributed by atoms with E-state index < -0.39 is 5.60 Å². The summed E-state index contributed by atoms with van der Waals surface area (Å²) in [4.78, 5) is 14.2. The highest BCUT2D eigenvalue weighted by Crippen LogP contribution is 2.45. The summed E-state index contributed by atoms with van der Waals surface area (Å²) >= 11 is 0. The minimum Gasteiger partial charge on any atom is -0.444 e. The summed E-state index contributed by atoms with van der Waals surface area (Å²) < 4.78 is 7.76. The van der Waals surface area contributed by atoms with E-state index in [9.17, 15) is 4.79 Å². The van der Waals surface area contributed by atoms with Crippen LogP contribution >= 0.6 is 0 Å². The van der Waals surface area contributed by atoms with E-state index in [1.165, 1.54) is 18.5 Å². The first-order valence-corrected chi connectivity index (χ1v) is 8.69. The summed E-state index contributed by atoms with van der Waals surface area (Å²) in [5.41, 5.74) is 0.908. The van der Waals surface area contributed by atoms with Crippen molar-refractivity contribution in [3.05, 3.63) is 18.0 Å². The largest absolute Gasteiger partial charge is 0.444 e. The average molecular weight is 319 g/mol. The van der Waals surface area contributed by atoms with Crippen molar-refractivity contribution in [3.63, 3.8) is 0 Å². The molecule has 1 amide bonds. The summed E-state index contributed by atoms with van der Waals surface area (Å²) in [6.45, 7) is 11.7. The number of likely N-dealkylation sites (tertiary alicyclic amines) is 1. The third-order valence-corrected chi connectivity index (χ3v) is 4.83. The highest BCUT2D eigenvalue weighted by molar-refractivity contribution is 5.68. The van der Waals surface area contributed by atoms with Crippen LogP contribution in [0.2, 0.25) is 0 Å². The molecule has 0 spiro atoms. The highest BCUT2D eigenvalue weighted by atomic mass is 16.6. The Balaban J connectivity index is 1.72. The smallest absolute Gasteiger partial charge is 0.410 e. The third-order valence-electron chi connectivity index (χ3n) is 4.83. The van der Waals surface area contributed by atoms with Crippen LogP contribution in [-0.4, -0.2) is 39.5 Å². The van der Waals surface area contributed by atoms with Gasteiger partial charge in [-0.15, -0.1) is 0 Å². The molecule has 0 bridgehead atoms. The first kappa shape index (κ1) is 16.3. The Morgan fingerprint density at radius 2 is 2.00 bits per heavy atom. The number of amides is 1. The maximum absolute atomic E-state index is 12.4. The number of carbonyl (C=O) groups is 1. The Bertz CT molecular complexity index is 581. The van der Waals surface area contributed by atoms with Crippen LogP contribution in [0.5, 0.6) is 0 Å². The third kappa shape index (κ3) is 3.54. The van der Waals surface area contributed by atoms with E-state index in [1.54, 1.807) is 0 Å². The van der Waals surface area contributed by atoms with Crippen molar-refractivity contribution >= 4 is 6.09 Å². The molecular formula is C18H29N3O2. The zero-order valence-corrected chi connectivity index (χ0v) is 15.0. The Hall–Kier alpha value is -1.52. The standard InChI is InChI=1S/C18H29N3O2/c1-17(2,3)23-16(22)20-11-9-14(18(4,5)12-20)15-8-10-19-21(15)13-6-7-13/h8,10,13-14H,6-7,9,11-12H2,1-5H3. The Labute approximate surface area is 139 Å². The molecule has 0 N–H and O–H groups in total. The molecule has 0 aromatic carbocycles. The van der Waals surface area contributed by atoms with Gasteiger partial charge in [-0.05, 0) is 51.5 Å². The fraction of sp³-hybridized carbons (Fsp3) is 0.778. The summed E-state index contributed by atoms with van der Waals surface area (Å²) in [6, 6.07) is 2.76. The molecule has 2 heterocycles. The van der Waals surface area contributed by atoms with Gasteiger partial charge in [0.1, 0.15) is 5.60 Å². The van der Waals surface area contributed by atoms with Gasteiger partial charge in [0, 0.05) is 30.9 Å². The summed E-state index contributed by atoms with van der Waals surface area (Å²) in [6.07, 6.45) is 5.17. The van der Waals surface area contributed by atoms with Crippen LogP contribution in [0.1, 0.15) is 71.5 Å². The van der Waals surface area contributed by atoms with Gasteiger partial charge in [-0.25, -0.2) is 4.79 Å². The molecule has 2 aliphatic rings. The zero-order valence-electron chi connectivity index (χ0n) is 15.0. The number of ether oxygens (including phenoxy) is 1. The maximum Gasteiger partial charge on any atom is 0.410 e. The molecule has 1 atom stereocenters. The first-order valence-electron chi connectivity index (χ1n) is 8.69. The fourth-order valence-corrected chi connectivity index (χ4v) is 3.61. The lowest BCUT2D eigenvalue weighted by Gasteiger charge is -2.44. The number of hydrogen-bond donors (Lipinski definition) is 0. The van der Waals surface area contributed by atoms with E-state index in [0.29, 0.717) is 12.0 Å². The number of carbonyl (C=O) groups excluding carboxylic acids is 1. The van der Waals surface area contributed by atoms with Gasteiger partial charge >= 0.3 is 6.09 Å². The predicted octanol–water partition coefficient (Wildman–Crippen LogP) is 3.97. The van der Waals surface area contributed by atoms with Crippen LogP contribution < -0.4 is 0 Å². The van der Waals surface area contributed by atoms with Crippen molar-refractivity contribution in [1.82, 2.24) is 14.7 Å². The molecule has 1 aromatic heterocycles. The quantitative estimate of drug-likeness (QED) is 0.828. The van der Waals surface area contributed by atoms with Crippen LogP contribution in [0.15, 0.2) is 12.3 Å². The lowest BCUT2D eigenvalue weighted by Crippen LogP contribution is -2.49. The predicted molar refractivity (Wildman–Crippen MR) is 89.4 cm³/mol. The van der Waals surface area contributed by atoms with Crippen molar-refractivity contribution in [3.8, 4) is 0 Å². The monoisotopic (exact) mass is 319 g/mol. The summed E-state index contributed by atoms with van der Waals surface area (Å²) in [7, 11) is 0. The Morgan fingerprint density at radius 1 is 1.30 bits per heavy atom. The van der Waals surface area contributed by atoms with Crippen LogP contribution in [-0.2, 0) is 4.74 Å². The van der Waals surface area contributed by atoms with E-state index >= 15 is 0 Å². The van der Waals surface area contributed by atoms with Crippen LogP contribution in [0.25, 0.3) is 0 Å². The summed E-state index contributed by atoms with van der Waals surface area (Å²) in [5.74, 6) is 0.435. The molecule has 0 radical (unpaired) electrons. The minimum atomic E-state index is -0.442. The summed E-state index contributed by atoms with van der Waals surface area (Å²) in [5, 5.41) is 4.53.